The molecule has 1 aromatic carbocycles. The van der Waals surface area contributed by atoms with E-state index in [1.54, 1.807) is 18.3 Å². The summed E-state index contributed by atoms with van der Waals surface area (Å²) in [6.07, 6.45) is 1.52. The number of carbonyl (C=O) groups is 1. The molecule has 0 aliphatic carbocycles. The molecule has 6 nitrogen and oxygen atoms in total. The van der Waals surface area contributed by atoms with Gasteiger partial charge in [0.05, 0.1) is 5.56 Å². The molecule has 1 atom stereocenters. The molecule has 1 unspecified atom stereocenters. The molecular weight excluding hydrogens is 336 g/mol. The minimum atomic E-state index is -0.803. The van der Waals surface area contributed by atoms with Crippen molar-refractivity contribution in [3.05, 3.63) is 70.1 Å². The Labute approximate surface area is 148 Å². The zero-order valence-electron chi connectivity index (χ0n) is 13.7. The molecular formula is C18H18N4O2S. The van der Waals surface area contributed by atoms with E-state index in [9.17, 15) is 9.59 Å². The van der Waals surface area contributed by atoms with Crippen molar-refractivity contribution in [2.24, 2.45) is 11.5 Å². The van der Waals surface area contributed by atoms with Crippen LogP contribution in [0.2, 0.25) is 0 Å². The van der Waals surface area contributed by atoms with Gasteiger partial charge in [0.2, 0.25) is 5.91 Å². The predicted molar refractivity (Wildman–Crippen MR) is 97.5 cm³/mol. The number of hydrogen-bond donors (Lipinski definition) is 2. The van der Waals surface area contributed by atoms with Gasteiger partial charge in [0.15, 0.2) is 0 Å². The number of aryl methyl sites for hydroxylation is 1. The first-order valence-electron chi connectivity index (χ1n) is 7.75. The number of rotatable bonds is 5. The standard InChI is InChI=1S/C18H18N4O2S/c1-11-5-7-12(8-6-11)25-17-16(13(19)10-14(20)23)18(24)22-9-3-2-4-15(22)21-17/h2-9,13H,10,19H2,1H3,(H2,20,23). The van der Waals surface area contributed by atoms with Crippen molar-refractivity contribution >= 4 is 23.3 Å². The van der Waals surface area contributed by atoms with Gasteiger partial charge in [0.1, 0.15) is 10.7 Å². The molecule has 3 aromatic rings. The van der Waals surface area contributed by atoms with Crippen molar-refractivity contribution in [2.75, 3.05) is 0 Å². The molecule has 0 saturated carbocycles. The average Bonchev–Trinajstić information content (AvgIpc) is 2.56. The van der Waals surface area contributed by atoms with Crippen molar-refractivity contribution in [2.45, 2.75) is 29.3 Å². The number of benzene rings is 1. The fraction of sp³-hybridized carbons (Fsp3) is 0.167. The van der Waals surface area contributed by atoms with E-state index in [0.717, 1.165) is 10.5 Å². The van der Waals surface area contributed by atoms with Crippen LogP contribution in [0.15, 0.2) is 63.4 Å². The molecule has 0 radical (unpaired) electrons. The van der Waals surface area contributed by atoms with Gasteiger partial charge >= 0.3 is 0 Å². The third kappa shape index (κ3) is 3.72. The Morgan fingerprint density at radius 3 is 2.64 bits per heavy atom. The van der Waals surface area contributed by atoms with E-state index >= 15 is 0 Å². The molecule has 0 spiro atoms. The molecule has 2 heterocycles. The van der Waals surface area contributed by atoms with Crippen LogP contribution in [0.25, 0.3) is 5.65 Å². The second kappa shape index (κ2) is 7.08. The number of fused-ring (bicyclic) bond motifs is 1. The van der Waals surface area contributed by atoms with Gasteiger partial charge < -0.3 is 11.5 Å². The fourth-order valence-corrected chi connectivity index (χ4v) is 3.50. The Bertz CT molecular complexity index is 983. The summed E-state index contributed by atoms with van der Waals surface area (Å²) in [5.41, 5.74) is 13.0. The van der Waals surface area contributed by atoms with E-state index in [4.69, 9.17) is 11.5 Å². The molecule has 0 bridgehead atoms. The normalized spacial score (nSPS) is 12.2. The van der Waals surface area contributed by atoms with Gasteiger partial charge in [-0.3, -0.25) is 14.0 Å². The molecule has 0 saturated heterocycles. The van der Waals surface area contributed by atoms with E-state index in [2.05, 4.69) is 4.98 Å². The van der Waals surface area contributed by atoms with Gasteiger partial charge in [-0.2, -0.15) is 0 Å². The quantitative estimate of drug-likeness (QED) is 0.682. The number of nitrogens with two attached hydrogens (primary N) is 2. The second-order valence-electron chi connectivity index (χ2n) is 5.76. The molecule has 3 rings (SSSR count). The Hall–Kier alpha value is -2.64. The summed E-state index contributed by atoms with van der Waals surface area (Å²) < 4.78 is 1.43. The summed E-state index contributed by atoms with van der Waals surface area (Å²) in [4.78, 5) is 29.7. The van der Waals surface area contributed by atoms with Crippen LogP contribution >= 0.6 is 11.8 Å². The summed E-state index contributed by atoms with van der Waals surface area (Å²) in [6.45, 7) is 2.00. The van der Waals surface area contributed by atoms with E-state index in [0.29, 0.717) is 16.2 Å². The zero-order chi connectivity index (χ0) is 18.0. The minimum Gasteiger partial charge on any atom is -0.370 e. The Kier molecular flexibility index (Phi) is 4.87. The molecule has 2 aromatic heterocycles. The maximum Gasteiger partial charge on any atom is 0.263 e. The smallest absolute Gasteiger partial charge is 0.263 e. The number of pyridine rings is 1. The van der Waals surface area contributed by atoms with Crippen molar-refractivity contribution in [1.29, 1.82) is 0 Å². The number of nitrogens with zero attached hydrogens (tertiary/aromatic N) is 2. The number of primary amides is 1. The van der Waals surface area contributed by atoms with Crippen molar-refractivity contribution in [3.8, 4) is 0 Å². The van der Waals surface area contributed by atoms with Crippen LogP contribution in [0.4, 0.5) is 0 Å². The van der Waals surface area contributed by atoms with Crippen LogP contribution in [0.5, 0.6) is 0 Å². The topological polar surface area (TPSA) is 103 Å². The third-order valence-electron chi connectivity index (χ3n) is 3.76. The maximum atomic E-state index is 12.9. The molecule has 4 N–H and O–H groups in total. The molecule has 0 aliphatic heterocycles. The molecule has 128 valence electrons. The van der Waals surface area contributed by atoms with Crippen LogP contribution < -0.4 is 17.0 Å². The zero-order valence-corrected chi connectivity index (χ0v) is 14.5. The van der Waals surface area contributed by atoms with Gasteiger partial charge in [-0.1, -0.05) is 35.5 Å². The summed E-state index contributed by atoms with van der Waals surface area (Å²) in [5, 5.41) is 0.494. The Morgan fingerprint density at radius 1 is 1.24 bits per heavy atom. The van der Waals surface area contributed by atoms with Gasteiger partial charge in [0.25, 0.3) is 5.56 Å². The van der Waals surface area contributed by atoms with Crippen molar-refractivity contribution < 1.29 is 4.79 Å². The molecule has 7 heteroatoms. The summed E-state index contributed by atoms with van der Waals surface area (Å²) in [6, 6.07) is 12.4. The molecule has 1 amide bonds. The highest BCUT2D eigenvalue weighted by Gasteiger charge is 2.21. The van der Waals surface area contributed by atoms with Crippen LogP contribution in [-0.4, -0.2) is 15.3 Å². The molecule has 25 heavy (non-hydrogen) atoms. The first-order valence-corrected chi connectivity index (χ1v) is 8.57. The number of amides is 1. The van der Waals surface area contributed by atoms with E-state index in [1.165, 1.54) is 16.2 Å². The first-order chi connectivity index (χ1) is 12.0. The van der Waals surface area contributed by atoms with Gasteiger partial charge in [0, 0.05) is 23.6 Å². The largest absolute Gasteiger partial charge is 0.370 e. The highest BCUT2D eigenvalue weighted by Crippen LogP contribution is 2.31. The lowest BCUT2D eigenvalue weighted by molar-refractivity contribution is -0.118. The highest BCUT2D eigenvalue weighted by molar-refractivity contribution is 7.99. The van der Waals surface area contributed by atoms with Gasteiger partial charge in [-0.15, -0.1) is 0 Å². The van der Waals surface area contributed by atoms with Crippen LogP contribution in [0.1, 0.15) is 23.6 Å². The minimum absolute atomic E-state index is 0.114. The summed E-state index contributed by atoms with van der Waals surface area (Å²) in [5.74, 6) is -0.559. The lowest BCUT2D eigenvalue weighted by Crippen LogP contribution is -2.30. The SMILES string of the molecule is Cc1ccc(Sc2nc3ccccn3c(=O)c2C(N)CC(N)=O)cc1. The van der Waals surface area contributed by atoms with Crippen molar-refractivity contribution in [3.63, 3.8) is 0 Å². The Balaban J connectivity index is 2.15. The van der Waals surface area contributed by atoms with E-state index < -0.39 is 11.9 Å². The molecule has 0 fully saturated rings. The van der Waals surface area contributed by atoms with Crippen LogP contribution in [0, 0.1) is 6.92 Å². The predicted octanol–water partition coefficient (Wildman–Crippen LogP) is 2.03. The Morgan fingerprint density at radius 2 is 1.96 bits per heavy atom. The first kappa shape index (κ1) is 17.2. The summed E-state index contributed by atoms with van der Waals surface area (Å²) >= 11 is 1.35. The lowest BCUT2D eigenvalue weighted by atomic mass is 10.1. The third-order valence-corrected chi connectivity index (χ3v) is 4.77. The summed E-state index contributed by atoms with van der Waals surface area (Å²) in [7, 11) is 0. The van der Waals surface area contributed by atoms with E-state index in [1.807, 2.05) is 37.3 Å². The number of carbonyl (C=O) groups excluding carboxylic acids is 1. The number of hydrogen-bond acceptors (Lipinski definition) is 5. The highest BCUT2D eigenvalue weighted by atomic mass is 32.2. The van der Waals surface area contributed by atoms with Crippen LogP contribution in [-0.2, 0) is 4.79 Å². The van der Waals surface area contributed by atoms with Crippen LogP contribution in [0.3, 0.4) is 0 Å². The van der Waals surface area contributed by atoms with Gasteiger partial charge in [-0.25, -0.2) is 4.98 Å². The van der Waals surface area contributed by atoms with Gasteiger partial charge in [-0.05, 0) is 31.2 Å². The maximum absolute atomic E-state index is 12.9. The average molecular weight is 354 g/mol. The van der Waals surface area contributed by atoms with Crippen molar-refractivity contribution in [1.82, 2.24) is 9.38 Å². The number of aromatic nitrogens is 2. The van der Waals surface area contributed by atoms with E-state index in [-0.39, 0.29) is 12.0 Å². The monoisotopic (exact) mass is 354 g/mol. The molecule has 0 aliphatic rings. The fourth-order valence-electron chi connectivity index (χ4n) is 2.51. The second-order valence-corrected chi connectivity index (χ2v) is 6.82. The lowest BCUT2D eigenvalue weighted by Gasteiger charge is -2.15.